The van der Waals surface area contributed by atoms with Crippen molar-refractivity contribution in [2.75, 3.05) is 26.8 Å². The third-order valence-electron chi connectivity index (χ3n) is 3.43. The maximum atomic E-state index is 12.5. The second-order valence-corrected chi connectivity index (χ2v) is 5.69. The lowest BCUT2D eigenvalue weighted by Gasteiger charge is -2.17. The summed E-state index contributed by atoms with van der Waals surface area (Å²) in [5, 5.41) is 10.9. The molecule has 0 aromatic heterocycles. The molecule has 1 aliphatic heterocycles. The monoisotopic (exact) mass is 332 g/mol. The normalized spacial score (nSPS) is 18.0. The zero-order valence-electron chi connectivity index (χ0n) is 11.3. The molecule has 0 bridgehead atoms. The number of hydrogen-bond acceptors (Lipinski definition) is 4. The second-order valence-electron chi connectivity index (χ2n) is 4.91. The first-order chi connectivity index (χ1) is 9.93. The topological polar surface area (TPSA) is 72.7 Å². The van der Waals surface area contributed by atoms with Gasteiger partial charge < -0.3 is 9.64 Å². The fourth-order valence-electron chi connectivity index (χ4n) is 2.39. The molecular formula is C13H14Cl2N2O4. The molecule has 0 spiro atoms. The van der Waals surface area contributed by atoms with Gasteiger partial charge >= 0.3 is 0 Å². The minimum absolute atomic E-state index is 0.00172. The van der Waals surface area contributed by atoms with Crippen molar-refractivity contribution in [2.24, 2.45) is 5.92 Å². The van der Waals surface area contributed by atoms with Crippen molar-refractivity contribution in [3.05, 3.63) is 37.9 Å². The molecule has 1 aromatic carbocycles. The quantitative estimate of drug-likeness (QED) is 0.627. The minimum Gasteiger partial charge on any atom is -0.384 e. The molecule has 1 heterocycles. The van der Waals surface area contributed by atoms with E-state index in [2.05, 4.69) is 0 Å². The van der Waals surface area contributed by atoms with E-state index >= 15 is 0 Å². The lowest BCUT2D eigenvalue weighted by molar-refractivity contribution is -0.384. The number of benzene rings is 1. The van der Waals surface area contributed by atoms with E-state index in [1.54, 1.807) is 12.0 Å². The van der Waals surface area contributed by atoms with Gasteiger partial charge in [0.2, 0.25) is 0 Å². The van der Waals surface area contributed by atoms with Crippen LogP contribution in [0.2, 0.25) is 10.0 Å². The Hall–Kier alpha value is -1.37. The van der Waals surface area contributed by atoms with Crippen molar-refractivity contribution < 1.29 is 14.5 Å². The van der Waals surface area contributed by atoms with Gasteiger partial charge in [-0.1, -0.05) is 23.2 Å². The number of likely N-dealkylation sites (tertiary alicyclic amines) is 1. The van der Waals surface area contributed by atoms with Gasteiger partial charge in [0, 0.05) is 38.2 Å². The summed E-state index contributed by atoms with van der Waals surface area (Å²) in [5.41, 5.74) is -0.186. The summed E-state index contributed by atoms with van der Waals surface area (Å²) in [7, 11) is 1.61. The van der Waals surface area contributed by atoms with Crippen molar-refractivity contribution in [1.29, 1.82) is 0 Å². The number of ether oxygens (including phenoxy) is 1. The van der Waals surface area contributed by atoms with Crippen LogP contribution >= 0.6 is 23.2 Å². The Morgan fingerprint density at radius 2 is 2.24 bits per heavy atom. The van der Waals surface area contributed by atoms with Gasteiger partial charge in [-0.05, 0) is 6.42 Å². The summed E-state index contributed by atoms with van der Waals surface area (Å²) in [5.74, 6) is -0.0731. The lowest BCUT2D eigenvalue weighted by atomic mass is 10.1. The van der Waals surface area contributed by atoms with Gasteiger partial charge in [0.1, 0.15) is 0 Å². The average Bonchev–Trinajstić information content (AvgIpc) is 2.89. The highest BCUT2D eigenvalue weighted by atomic mass is 35.5. The van der Waals surface area contributed by atoms with Crippen LogP contribution in [-0.2, 0) is 4.74 Å². The molecule has 0 N–H and O–H groups in total. The molecule has 2 rings (SSSR count). The minimum atomic E-state index is -0.600. The smallest absolute Gasteiger partial charge is 0.271 e. The molecular weight excluding hydrogens is 319 g/mol. The summed E-state index contributed by atoms with van der Waals surface area (Å²) < 4.78 is 5.08. The van der Waals surface area contributed by atoms with Gasteiger partial charge in [0.05, 0.1) is 27.1 Å². The van der Waals surface area contributed by atoms with Crippen molar-refractivity contribution in [3.63, 3.8) is 0 Å². The van der Waals surface area contributed by atoms with Crippen molar-refractivity contribution >= 4 is 34.8 Å². The number of rotatable bonds is 4. The Morgan fingerprint density at radius 3 is 2.86 bits per heavy atom. The van der Waals surface area contributed by atoms with E-state index in [4.69, 9.17) is 27.9 Å². The summed E-state index contributed by atoms with van der Waals surface area (Å²) in [6, 6.07) is 2.30. The molecule has 1 aliphatic rings. The van der Waals surface area contributed by atoms with E-state index in [-0.39, 0.29) is 33.1 Å². The maximum absolute atomic E-state index is 12.5. The first kappa shape index (κ1) is 16.0. The molecule has 0 saturated carbocycles. The first-order valence-electron chi connectivity index (χ1n) is 6.35. The number of carbonyl (C=O) groups excluding carboxylic acids is 1. The predicted octanol–water partition coefficient (Wildman–Crippen LogP) is 3.01. The zero-order valence-corrected chi connectivity index (χ0v) is 12.9. The van der Waals surface area contributed by atoms with Gasteiger partial charge in [0.25, 0.3) is 11.6 Å². The van der Waals surface area contributed by atoms with Crippen LogP contribution in [0.1, 0.15) is 16.8 Å². The van der Waals surface area contributed by atoms with Crippen molar-refractivity contribution in [1.82, 2.24) is 4.90 Å². The number of amides is 1. The third kappa shape index (κ3) is 3.45. The molecule has 6 nitrogen and oxygen atoms in total. The van der Waals surface area contributed by atoms with Gasteiger partial charge in [-0.2, -0.15) is 0 Å². The number of carbonyl (C=O) groups is 1. The lowest BCUT2D eigenvalue weighted by Crippen LogP contribution is -2.29. The maximum Gasteiger partial charge on any atom is 0.271 e. The van der Waals surface area contributed by atoms with Crippen LogP contribution < -0.4 is 0 Å². The number of nitro groups is 1. The van der Waals surface area contributed by atoms with Crippen LogP contribution in [-0.4, -0.2) is 42.5 Å². The molecule has 1 unspecified atom stereocenters. The van der Waals surface area contributed by atoms with Crippen LogP contribution in [0, 0.1) is 16.0 Å². The molecule has 1 saturated heterocycles. The molecule has 8 heteroatoms. The van der Waals surface area contributed by atoms with Crippen LogP contribution in [0.25, 0.3) is 0 Å². The van der Waals surface area contributed by atoms with Gasteiger partial charge in [0.15, 0.2) is 0 Å². The third-order valence-corrected chi connectivity index (χ3v) is 4.23. The van der Waals surface area contributed by atoms with E-state index in [1.165, 1.54) is 6.07 Å². The Balaban J connectivity index is 2.25. The van der Waals surface area contributed by atoms with Crippen molar-refractivity contribution in [2.45, 2.75) is 6.42 Å². The molecule has 114 valence electrons. The fourth-order valence-corrected chi connectivity index (χ4v) is 2.80. The van der Waals surface area contributed by atoms with E-state index < -0.39 is 4.92 Å². The number of nitro benzene ring substituents is 1. The van der Waals surface area contributed by atoms with Gasteiger partial charge in [-0.15, -0.1) is 0 Å². The van der Waals surface area contributed by atoms with E-state index in [1.807, 2.05) is 0 Å². The SMILES string of the molecule is COCC1CCN(C(=O)c2cc([N+](=O)[O-])cc(Cl)c2Cl)C1. The highest BCUT2D eigenvalue weighted by Crippen LogP contribution is 2.32. The average molecular weight is 333 g/mol. The Kier molecular flexibility index (Phi) is 5.03. The van der Waals surface area contributed by atoms with E-state index in [9.17, 15) is 14.9 Å². The van der Waals surface area contributed by atoms with Crippen LogP contribution in [0.5, 0.6) is 0 Å². The summed E-state index contributed by atoms with van der Waals surface area (Å²) in [4.78, 5) is 24.3. The highest BCUT2D eigenvalue weighted by molar-refractivity contribution is 6.44. The molecule has 0 aliphatic carbocycles. The second kappa shape index (κ2) is 6.60. The fraction of sp³-hybridized carbons (Fsp3) is 0.462. The first-order valence-corrected chi connectivity index (χ1v) is 7.11. The van der Waals surface area contributed by atoms with Gasteiger partial charge in [-0.3, -0.25) is 14.9 Å². The van der Waals surface area contributed by atoms with Gasteiger partial charge in [-0.25, -0.2) is 0 Å². The van der Waals surface area contributed by atoms with Crippen LogP contribution in [0.15, 0.2) is 12.1 Å². The van der Waals surface area contributed by atoms with Crippen molar-refractivity contribution in [3.8, 4) is 0 Å². The Labute approximate surface area is 131 Å². The van der Waals surface area contributed by atoms with Crippen LogP contribution in [0.4, 0.5) is 5.69 Å². The predicted molar refractivity (Wildman–Crippen MR) is 79.0 cm³/mol. The highest BCUT2D eigenvalue weighted by Gasteiger charge is 2.29. The van der Waals surface area contributed by atoms with Crippen LogP contribution in [0.3, 0.4) is 0 Å². The summed E-state index contributed by atoms with van der Waals surface area (Å²) in [6.07, 6.45) is 0.833. The molecule has 1 amide bonds. The van der Waals surface area contributed by atoms with E-state index in [0.29, 0.717) is 19.7 Å². The Bertz CT molecular complexity index is 580. The number of methoxy groups -OCH3 is 1. The Morgan fingerprint density at radius 1 is 1.52 bits per heavy atom. The number of halogens is 2. The molecule has 21 heavy (non-hydrogen) atoms. The standard InChI is InChI=1S/C13H14Cl2N2O4/c1-21-7-8-2-3-16(6-8)13(18)10-4-9(17(19)20)5-11(14)12(10)15/h4-5,8H,2-3,6-7H2,1H3. The largest absolute Gasteiger partial charge is 0.384 e. The molecule has 0 radical (unpaired) electrons. The molecule has 1 atom stereocenters. The molecule has 1 aromatic rings. The van der Waals surface area contributed by atoms with E-state index in [0.717, 1.165) is 12.5 Å². The number of hydrogen-bond donors (Lipinski definition) is 0. The summed E-state index contributed by atoms with van der Waals surface area (Å²) in [6.45, 7) is 1.69. The summed E-state index contributed by atoms with van der Waals surface area (Å²) >= 11 is 11.9. The number of nitrogens with zero attached hydrogens (tertiary/aromatic N) is 2. The zero-order chi connectivity index (χ0) is 15.6. The number of non-ortho nitro benzene ring substituents is 1. The molecule has 1 fully saturated rings.